The minimum atomic E-state index is -0.446. The van der Waals surface area contributed by atoms with E-state index in [-0.39, 0.29) is 16.2 Å². The van der Waals surface area contributed by atoms with Crippen LogP contribution in [0.25, 0.3) is 0 Å². The lowest BCUT2D eigenvalue weighted by atomic mass is 9.68. The van der Waals surface area contributed by atoms with Crippen LogP contribution in [-0.2, 0) is 4.79 Å². The summed E-state index contributed by atoms with van der Waals surface area (Å²) in [5.74, 6) is 0.266. The summed E-state index contributed by atoms with van der Waals surface area (Å²) in [6.45, 7) is 6.72. The average molecular weight is 324 g/mol. The van der Waals surface area contributed by atoms with E-state index >= 15 is 0 Å². The first-order valence-electron chi connectivity index (χ1n) is 7.77. The molecule has 0 aliphatic heterocycles. The summed E-state index contributed by atoms with van der Waals surface area (Å²) in [4.78, 5) is 12.1. The topological polar surface area (TPSA) is 29.1 Å². The Morgan fingerprint density at radius 2 is 2.18 bits per heavy atom. The van der Waals surface area contributed by atoms with Crippen molar-refractivity contribution in [3.63, 3.8) is 0 Å². The Hall–Kier alpha value is -1.35. The van der Waals surface area contributed by atoms with Crippen LogP contribution >= 0.6 is 11.6 Å². The summed E-state index contributed by atoms with van der Waals surface area (Å²) in [5, 5.41) is 3.14. The van der Waals surface area contributed by atoms with Crippen LogP contribution in [0.5, 0.6) is 0 Å². The fraction of sp³-hybridized carbons (Fsp3) is 0.500. The molecular weight excluding hydrogens is 301 g/mol. The molecule has 1 aliphatic carbocycles. The summed E-state index contributed by atoms with van der Waals surface area (Å²) >= 11 is 5.76. The first-order valence-corrected chi connectivity index (χ1v) is 8.15. The Kier molecular flexibility index (Phi) is 5.28. The fourth-order valence-electron chi connectivity index (χ4n) is 2.80. The van der Waals surface area contributed by atoms with Crippen molar-refractivity contribution in [2.75, 3.05) is 5.32 Å². The second-order valence-electron chi connectivity index (χ2n) is 6.65. The fourth-order valence-corrected chi connectivity index (χ4v) is 2.98. The summed E-state index contributed by atoms with van der Waals surface area (Å²) in [7, 11) is 0. The third kappa shape index (κ3) is 3.89. The van der Waals surface area contributed by atoms with Crippen molar-refractivity contribution in [1.29, 1.82) is 0 Å². The van der Waals surface area contributed by atoms with Crippen molar-refractivity contribution >= 4 is 23.1 Å². The number of rotatable bonds is 4. The van der Waals surface area contributed by atoms with Crippen molar-refractivity contribution in [1.82, 2.24) is 0 Å². The first-order chi connectivity index (χ1) is 10.3. The van der Waals surface area contributed by atoms with Crippen molar-refractivity contribution in [3.8, 4) is 0 Å². The van der Waals surface area contributed by atoms with Gasteiger partial charge in [-0.15, -0.1) is 0 Å². The summed E-state index contributed by atoms with van der Waals surface area (Å²) < 4.78 is 13.1. The highest BCUT2D eigenvalue weighted by atomic mass is 35.5. The SMILES string of the molecule is CCC(C)(C)[C@@H]1CCC(=O)/C(=C/Nc2ccc(F)c(Cl)c2)C1. The second-order valence-corrected chi connectivity index (χ2v) is 7.06. The van der Waals surface area contributed by atoms with E-state index in [9.17, 15) is 9.18 Å². The predicted molar refractivity (Wildman–Crippen MR) is 89.5 cm³/mol. The number of carbonyl (C=O) groups excluding carboxylic acids is 1. The second kappa shape index (κ2) is 6.82. The number of Topliss-reactive ketones (excluding diaryl/α,β-unsaturated/α-hetero) is 1. The molecule has 0 amide bonds. The standard InChI is InChI=1S/C18H23ClFNO/c1-4-18(2,3)13-5-8-17(22)12(9-13)11-21-14-6-7-16(20)15(19)10-14/h6-7,10-11,13,21H,4-5,8-9H2,1-3H3/b12-11+/t13-/m1/s1. The zero-order chi connectivity index (χ0) is 16.3. The Morgan fingerprint density at radius 1 is 1.45 bits per heavy atom. The lowest BCUT2D eigenvalue weighted by molar-refractivity contribution is -0.117. The normalized spacial score (nSPS) is 21.2. The van der Waals surface area contributed by atoms with E-state index in [1.165, 1.54) is 12.1 Å². The van der Waals surface area contributed by atoms with E-state index in [1.54, 1.807) is 12.3 Å². The smallest absolute Gasteiger partial charge is 0.160 e. The van der Waals surface area contributed by atoms with Gasteiger partial charge >= 0.3 is 0 Å². The highest BCUT2D eigenvalue weighted by Crippen LogP contribution is 2.41. The van der Waals surface area contributed by atoms with Crippen LogP contribution in [0.1, 0.15) is 46.5 Å². The molecule has 0 aromatic heterocycles. The molecule has 1 atom stereocenters. The molecule has 2 nitrogen and oxygen atoms in total. The number of allylic oxidation sites excluding steroid dienone is 1. The zero-order valence-corrected chi connectivity index (χ0v) is 14.1. The van der Waals surface area contributed by atoms with E-state index in [0.29, 0.717) is 18.0 Å². The lowest BCUT2D eigenvalue weighted by Gasteiger charge is -2.36. The van der Waals surface area contributed by atoms with Crippen LogP contribution in [0.2, 0.25) is 5.02 Å². The van der Waals surface area contributed by atoms with Crippen LogP contribution < -0.4 is 5.32 Å². The van der Waals surface area contributed by atoms with Gasteiger partial charge < -0.3 is 5.32 Å². The minimum Gasteiger partial charge on any atom is -0.361 e. The third-order valence-electron chi connectivity index (χ3n) is 4.89. The van der Waals surface area contributed by atoms with Gasteiger partial charge in [0.1, 0.15) is 5.82 Å². The molecule has 1 N–H and O–H groups in total. The highest BCUT2D eigenvalue weighted by molar-refractivity contribution is 6.31. The summed E-state index contributed by atoms with van der Waals surface area (Å²) in [6.07, 6.45) is 5.21. The largest absolute Gasteiger partial charge is 0.361 e. The van der Waals surface area contributed by atoms with Crippen LogP contribution in [0.3, 0.4) is 0 Å². The Labute approximate surface area is 136 Å². The third-order valence-corrected chi connectivity index (χ3v) is 5.18. The first kappa shape index (κ1) is 17.0. The van der Waals surface area contributed by atoms with Gasteiger partial charge in [-0.25, -0.2) is 4.39 Å². The molecule has 1 fully saturated rings. The quantitative estimate of drug-likeness (QED) is 0.733. The van der Waals surface area contributed by atoms with E-state index in [4.69, 9.17) is 11.6 Å². The van der Waals surface area contributed by atoms with Gasteiger partial charge in [-0.3, -0.25) is 4.79 Å². The van der Waals surface area contributed by atoms with Gasteiger partial charge in [0.05, 0.1) is 5.02 Å². The van der Waals surface area contributed by atoms with Crippen molar-refractivity contribution in [2.24, 2.45) is 11.3 Å². The molecule has 0 bridgehead atoms. The molecule has 1 aliphatic rings. The van der Waals surface area contributed by atoms with Gasteiger partial charge in [-0.1, -0.05) is 38.8 Å². The molecule has 2 rings (SSSR count). The van der Waals surface area contributed by atoms with Gasteiger partial charge in [0.2, 0.25) is 0 Å². The van der Waals surface area contributed by atoms with Gasteiger partial charge in [0.25, 0.3) is 0 Å². The number of anilines is 1. The van der Waals surface area contributed by atoms with Gasteiger partial charge in [0.15, 0.2) is 5.78 Å². The van der Waals surface area contributed by atoms with Crippen LogP contribution in [0.4, 0.5) is 10.1 Å². The Balaban J connectivity index is 2.11. The number of ketones is 1. The minimum absolute atomic E-state index is 0.0726. The molecule has 120 valence electrons. The molecule has 0 unspecified atom stereocenters. The van der Waals surface area contributed by atoms with E-state index in [0.717, 1.165) is 24.8 Å². The van der Waals surface area contributed by atoms with E-state index in [1.807, 2.05) is 0 Å². The van der Waals surface area contributed by atoms with Gasteiger partial charge in [-0.2, -0.15) is 0 Å². The Morgan fingerprint density at radius 3 is 2.82 bits per heavy atom. The lowest BCUT2D eigenvalue weighted by Crippen LogP contribution is -2.29. The van der Waals surface area contributed by atoms with Crippen LogP contribution in [-0.4, -0.2) is 5.78 Å². The summed E-state index contributed by atoms with van der Waals surface area (Å²) in [5.41, 5.74) is 1.74. The number of hydrogen-bond acceptors (Lipinski definition) is 2. The molecule has 0 radical (unpaired) electrons. The predicted octanol–water partition coefficient (Wildman–Crippen LogP) is 5.58. The molecule has 22 heavy (non-hydrogen) atoms. The molecule has 4 heteroatoms. The maximum atomic E-state index is 13.1. The van der Waals surface area contributed by atoms with Crippen molar-refractivity contribution < 1.29 is 9.18 Å². The highest BCUT2D eigenvalue weighted by Gasteiger charge is 2.33. The average Bonchev–Trinajstić information content (AvgIpc) is 2.49. The number of carbonyl (C=O) groups is 1. The van der Waals surface area contributed by atoms with E-state index < -0.39 is 5.82 Å². The number of hydrogen-bond donors (Lipinski definition) is 1. The molecule has 1 aromatic rings. The van der Waals surface area contributed by atoms with Crippen LogP contribution in [0.15, 0.2) is 30.0 Å². The van der Waals surface area contributed by atoms with Gasteiger partial charge in [-0.05, 0) is 42.4 Å². The molecule has 1 aromatic carbocycles. The van der Waals surface area contributed by atoms with E-state index in [2.05, 4.69) is 26.1 Å². The summed E-state index contributed by atoms with van der Waals surface area (Å²) in [6, 6.07) is 4.45. The zero-order valence-electron chi connectivity index (χ0n) is 13.4. The molecule has 0 saturated heterocycles. The number of nitrogens with one attached hydrogen (secondary N) is 1. The molecular formula is C18H23ClFNO. The number of benzene rings is 1. The number of halogens is 2. The van der Waals surface area contributed by atoms with Crippen LogP contribution in [0, 0.1) is 17.2 Å². The Bertz CT molecular complexity index is 595. The maximum absolute atomic E-state index is 13.1. The van der Waals surface area contributed by atoms with Crippen molar-refractivity contribution in [3.05, 3.63) is 40.8 Å². The van der Waals surface area contributed by atoms with Gasteiger partial charge in [0, 0.05) is 23.9 Å². The molecule has 0 heterocycles. The molecule has 1 saturated carbocycles. The van der Waals surface area contributed by atoms with Crippen molar-refractivity contribution in [2.45, 2.75) is 46.5 Å². The molecule has 0 spiro atoms. The monoisotopic (exact) mass is 323 g/mol. The maximum Gasteiger partial charge on any atom is 0.160 e.